The number of nitrogens with zero attached hydrogens (tertiary/aromatic N) is 2. The van der Waals surface area contributed by atoms with E-state index in [1.54, 1.807) is 25.2 Å². The molecule has 1 aliphatic rings. The van der Waals surface area contributed by atoms with E-state index < -0.39 is 10.0 Å². The van der Waals surface area contributed by atoms with Crippen LogP contribution in [0.4, 0.5) is 0 Å². The van der Waals surface area contributed by atoms with Crippen LogP contribution in [-0.2, 0) is 19.7 Å². The molecule has 0 saturated carbocycles. The zero-order valence-electron chi connectivity index (χ0n) is 12.8. The van der Waals surface area contributed by atoms with Crippen LogP contribution in [0.3, 0.4) is 0 Å². The molecule has 0 spiro atoms. The summed E-state index contributed by atoms with van der Waals surface area (Å²) in [4.78, 5) is 17.2. The summed E-state index contributed by atoms with van der Waals surface area (Å²) in [5.41, 5.74) is 0. The summed E-state index contributed by atoms with van der Waals surface area (Å²) in [7, 11) is -0.597. The van der Waals surface area contributed by atoms with Gasteiger partial charge in [-0.3, -0.25) is 9.63 Å². The smallest absolute Gasteiger partial charge is 0.249 e. The van der Waals surface area contributed by atoms with Gasteiger partial charge < -0.3 is 0 Å². The van der Waals surface area contributed by atoms with Crippen LogP contribution in [0.2, 0.25) is 0 Å². The number of rotatable bonds is 4. The lowest BCUT2D eigenvalue weighted by atomic mass is 9.97. The molecule has 1 amide bonds. The van der Waals surface area contributed by atoms with Crippen molar-refractivity contribution in [3.05, 3.63) is 27.1 Å². The molecule has 0 unspecified atom stereocenters. The van der Waals surface area contributed by atoms with Crippen molar-refractivity contribution in [2.45, 2.75) is 17.7 Å². The highest BCUT2D eigenvalue weighted by Crippen LogP contribution is 2.31. The summed E-state index contributed by atoms with van der Waals surface area (Å²) in [6.45, 7) is 0.629. The molecule has 1 fully saturated rings. The van der Waals surface area contributed by atoms with Gasteiger partial charge in [-0.25, -0.2) is 13.5 Å². The van der Waals surface area contributed by atoms with E-state index in [9.17, 15) is 13.2 Å². The molecule has 1 saturated heterocycles. The standard InChI is InChI=1S/C14H18Br2N2O4S/c1-17(22-2)14(19)10-5-7-18(8-6-10)23(20,21)13-9-11(15)3-4-12(13)16/h3-4,9-10H,5-8H2,1-2H3. The van der Waals surface area contributed by atoms with Gasteiger partial charge in [-0.2, -0.15) is 4.31 Å². The average molecular weight is 470 g/mol. The summed E-state index contributed by atoms with van der Waals surface area (Å²) < 4.78 is 28.2. The molecule has 1 aromatic rings. The van der Waals surface area contributed by atoms with Gasteiger partial charge in [0.1, 0.15) is 0 Å². The molecule has 1 aromatic carbocycles. The van der Waals surface area contributed by atoms with Gasteiger partial charge >= 0.3 is 0 Å². The van der Waals surface area contributed by atoms with Crippen LogP contribution < -0.4 is 0 Å². The first-order valence-corrected chi connectivity index (χ1v) is 10.1. The van der Waals surface area contributed by atoms with Gasteiger partial charge in [0.15, 0.2) is 0 Å². The topological polar surface area (TPSA) is 66.9 Å². The Hall–Kier alpha value is -0.480. The zero-order chi connectivity index (χ0) is 17.2. The lowest BCUT2D eigenvalue weighted by Crippen LogP contribution is -2.43. The highest BCUT2D eigenvalue weighted by Gasteiger charge is 2.34. The lowest BCUT2D eigenvalue weighted by molar-refractivity contribution is -0.174. The molecule has 1 aliphatic heterocycles. The maximum atomic E-state index is 12.8. The Morgan fingerprint density at radius 3 is 2.48 bits per heavy atom. The van der Waals surface area contributed by atoms with E-state index in [-0.39, 0.29) is 16.7 Å². The Morgan fingerprint density at radius 1 is 1.30 bits per heavy atom. The van der Waals surface area contributed by atoms with Gasteiger partial charge in [0, 0.05) is 35.0 Å². The Morgan fingerprint density at radius 2 is 1.91 bits per heavy atom. The largest absolute Gasteiger partial charge is 0.275 e. The third-order valence-electron chi connectivity index (χ3n) is 3.90. The second kappa shape index (κ2) is 7.60. The number of hydrogen-bond donors (Lipinski definition) is 0. The van der Waals surface area contributed by atoms with E-state index >= 15 is 0 Å². The fraction of sp³-hybridized carbons (Fsp3) is 0.500. The first-order valence-electron chi connectivity index (χ1n) is 7.04. The molecule has 0 aromatic heterocycles. The second-order valence-electron chi connectivity index (χ2n) is 5.27. The monoisotopic (exact) mass is 468 g/mol. The molecular weight excluding hydrogens is 452 g/mol. The SMILES string of the molecule is CON(C)C(=O)C1CCN(S(=O)(=O)c2cc(Br)ccc2Br)CC1. The van der Waals surface area contributed by atoms with Crippen molar-refractivity contribution in [2.24, 2.45) is 5.92 Å². The van der Waals surface area contributed by atoms with E-state index in [4.69, 9.17) is 4.84 Å². The van der Waals surface area contributed by atoms with Gasteiger partial charge in [0.25, 0.3) is 0 Å². The van der Waals surface area contributed by atoms with Crippen molar-refractivity contribution < 1.29 is 18.0 Å². The number of piperidine rings is 1. The summed E-state index contributed by atoms with van der Waals surface area (Å²) in [6, 6.07) is 5.05. The van der Waals surface area contributed by atoms with Crippen molar-refractivity contribution >= 4 is 47.8 Å². The Kier molecular flexibility index (Phi) is 6.23. The maximum absolute atomic E-state index is 12.8. The number of halogens is 2. The highest BCUT2D eigenvalue weighted by molar-refractivity contribution is 9.11. The first kappa shape index (κ1) is 18.9. The highest BCUT2D eigenvalue weighted by atomic mass is 79.9. The molecule has 0 atom stereocenters. The van der Waals surface area contributed by atoms with Crippen LogP contribution in [-0.4, -0.2) is 50.9 Å². The minimum atomic E-state index is -3.59. The Labute approximate surface area is 153 Å². The fourth-order valence-corrected chi connectivity index (χ4v) is 5.44. The number of amides is 1. The average Bonchev–Trinajstić information content (AvgIpc) is 2.55. The molecular formula is C14H18Br2N2O4S. The molecule has 9 heteroatoms. The fourth-order valence-electron chi connectivity index (χ4n) is 2.50. The number of benzene rings is 1. The van der Waals surface area contributed by atoms with Crippen LogP contribution in [0.25, 0.3) is 0 Å². The van der Waals surface area contributed by atoms with Gasteiger partial charge in [0.2, 0.25) is 15.9 Å². The van der Waals surface area contributed by atoms with Crippen LogP contribution in [0.1, 0.15) is 12.8 Å². The molecule has 0 aliphatic carbocycles. The van der Waals surface area contributed by atoms with E-state index in [0.29, 0.717) is 34.9 Å². The van der Waals surface area contributed by atoms with E-state index in [1.165, 1.54) is 16.5 Å². The van der Waals surface area contributed by atoms with E-state index in [1.807, 2.05) is 0 Å². The van der Waals surface area contributed by atoms with Crippen LogP contribution in [0.15, 0.2) is 32.0 Å². The van der Waals surface area contributed by atoms with Crippen molar-refractivity contribution in [1.82, 2.24) is 9.37 Å². The molecule has 0 N–H and O–H groups in total. The summed E-state index contributed by atoms with van der Waals surface area (Å²) in [5, 5.41) is 1.19. The second-order valence-corrected chi connectivity index (χ2v) is 8.95. The minimum absolute atomic E-state index is 0.117. The third kappa shape index (κ3) is 4.14. The molecule has 2 rings (SSSR count). The number of hydrogen-bond acceptors (Lipinski definition) is 4. The molecule has 1 heterocycles. The Bertz CT molecular complexity index is 688. The molecule has 0 radical (unpaired) electrons. The van der Waals surface area contributed by atoms with Crippen molar-refractivity contribution in [3.8, 4) is 0 Å². The lowest BCUT2D eigenvalue weighted by Gasteiger charge is -2.32. The molecule has 0 bridgehead atoms. The summed E-state index contributed by atoms with van der Waals surface area (Å²) in [6.07, 6.45) is 0.967. The maximum Gasteiger partial charge on any atom is 0.249 e. The summed E-state index contributed by atoms with van der Waals surface area (Å²) >= 11 is 6.59. The number of hydroxylamine groups is 2. The zero-order valence-corrected chi connectivity index (χ0v) is 16.8. The van der Waals surface area contributed by atoms with Crippen molar-refractivity contribution in [1.29, 1.82) is 0 Å². The molecule has 23 heavy (non-hydrogen) atoms. The minimum Gasteiger partial charge on any atom is -0.275 e. The van der Waals surface area contributed by atoms with Crippen LogP contribution in [0.5, 0.6) is 0 Å². The van der Waals surface area contributed by atoms with Crippen LogP contribution in [0, 0.1) is 5.92 Å². The van der Waals surface area contributed by atoms with Gasteiger partial charge in [-0.1, -0.05) is 15.9 Å². The normalized spacial score (nSPS) is 17.2. The van der Waals surface area contributed by atoms with E-state index in [2.05, 4.69) is 31.9 Å². The summed E-state index contributed by atoms with van der Waals surface area (Å²) in [5.74, 6) is -0.328. The van der Waals surface area contributed by atoms with Gasteiger partial charge in [-0.15, -0.1) is 0 Å². The molecule has 6 nitrogen and oxygen atoms in total. The van der Waals surface area contributed by atoms with Crippen molar-refractivity contribution in [3.63, 3.8) is 0 Å². The molecule has 128 valence electrons. The number of sulfonamides is 1. The van der Waals surface area contributed by atoms with Gasteiger partial charge in [0.05, 0.1) is 12.0 Å². The van der Waals surface area contributed by atoms with Crippen molar-refractivity contribution in [2.75, 3.05) is 27.2 Å². The Balaban J connectivity index is 2.13. The van der Waals surface area contributed by atoms with Crippen LogP contribution >= 0.6 is 31.9 Å². The number of carbonyl (C=O) groups excluding carboxylic acids is 1. The predicted octanol–water partition coefficient (Wildman–Crippen LogP) is 2.63. The third-order valence-corrected chi connectivity index (χ3v) is 7.28. The quantitative estimate of drug-likeness (QED) is 0.635. The first-order chi connectivity index (χ1) is 10.8. The predicted molar refractivity (Wildman–Crippen MR) is 93.1 cm³/mol. The van der Waals surface area contributed by atoms with Gasteiger partial charge in [-0.05, 0) is 47.0 Å². The van der Waals surface area contributed by atoms with E-state index in [0.717, 1.165) is 0 Å². The number of carbonyl (C=O) groups is 1.